The fraction of sp³-hybridized carbons (Fsp3) is 0.286. The highest BCUT2D eigenvalue weighted by molar-refractivity contribution is 9.10. The summed E-state index contributed by atoms with van der Waals surface area (Å²) in [4.78, 5) is 8.84. The molecule has 0 saturated carbocycles. The number of anilines is 2. The van der Waals surface area contributed by atoms with Crippen LogP contribution >= 0.6 is 15.9 Å². The summed E-state index contributed by atoms with van der Waals surface area (Å²) in [7, 11) is 1.86. The topological polar surface area (TPSA) is 49.8 Å². The Hall–Kier alpha value is -1.62. The van der Waals surface area contributed by atoms with Crippen molar-refractivity contribution in [3.8, 4) is 0 Å². The molecule has 2 aromatic rings. The van der Waals surface area contributed by atoms with Gasteiger partial charge in [0.25, 0.3) is 0 Å². The Morgan fingerprint density at radius 1 is 1.16 bits per heavy atom. The van der Waals surface area contributed by atoms with Gasteiger partial charge in [-0.05, 0) is 11.6 Å². The lowest BCUT2D eigenvalue weighted by Gasteiger charge is -2.10. The van der Waals surface area contributed by atoms with E-state index in [0.717, 1.165) is 34.9 Å². The van der Waals surface area contributed by atoms with Gasteiger partial charge in [-0.2, -0.15) is 0 Å². The fourth-order valence-corrected chi connectivity index (χ4v) is 2.13. The SMILES string of the molecule is CCc1nc(NC)cc(NCc2ccccc2Br)n1. The Bertz CT molecular complexity index is 535. The number of benzene rings is 1. The smallest absolute Gasteiger partial charge is 0.132 e. The van der Waals surface area contributed by atoms with Crippen molar-refractivity contribution in [1.82, 2.24) is 9.97 Å². The molecule has 0 radical (unpaired) electrons. The van der Waals surface area contributed by atoms with Crippen molar-refractivity contribution < 1.29 is 0 Å². The third kappa shape index (κ3) is 3.67. The van der Waals surface area contributed by atoms with E-state index in [1.54, 1.807) is 0 Å². The lowest BCUT2D eigenvalue weighted by Crippen LogP contribution is -2.06. The minimum absolute atomic E-state index is 0.727. The van der Waals surface area contributed by atoms with Gasteiger partial charge in [0.1, 0.15) is 17.5 Å². The molecule has 0 bridgehead atoms. The number of nitrogens with zero attached hydrogens (tertiary/aromatic N) is 2. The average molecular weight is 321 g/mol. The maximum Gasteiger partial charge on any atom is 0.132 e. The molecule has 1 heterocycles. The molecule has 0 atom stereocenters. The highest BCUT2D eigenvalue weighted by atomic mass is 79.9. The number of rotatable bonds is 5. The summed E-state index contributed by atoms with van der Waals surface area (Å²) in [5, 5.41) is 6.38. The van der Waals surface area contributed by atoms with Crippen LogP contribution in [-0.4, -0.2) is 17.0 Å². The summed E-state index contributed by atoms with van der Waals surface area (Å²) in [6.07, 6.45) is 0.819. The maximum atomic E-state index is 4.47. The third-order valence-corrected chi connectivity index (χ3v) is 3.54. The summed E-state index contributed by atoms with van der Waals surface area (Å²) in [6, 6.07) is 10.1. The molecule has 0 fully saturated rings. The van der Waals surface area contributed by atoms with Gasteiger partial charge in [0, 0.05) is 30.6 Å². The lowest BCUT2D eigenvalue weighted by atomic mass is 10.2. The molecule has 100 valence electrons. The Morgan fingerprint density at radius 3 is 2.58 bits per heavy atom. The van der Waals surface area contributed by atoms with Crippen LogP contribution < -0.4 is 10.6 Å². The van der Waals surface area contributed by atoms with Crippen LogP contribution in [0.1, 0.15) is 18.3 Å². The first-order valence-corrected chi connectivity index (χ1v) is 7.05. The Labute approximate surface area is 121 Å². The molecule has 1 aromatic heterocycles. The van der Waals surface area contributed by atoms with Crippen LogP contribution in [0.25, 0.3) is 0 Å². The van der Waals surface area contributed by atoms with Crippen LogP contribution in [0.5, 0.6) is 0 Å². The van der Waals surface area contributed by atoms with E-state index in [1.807, 2.05) is 38.2 Å². The van der Waals surface area contributed by atoms with E-state index in [-0.39, 0.29) is 0 Å². The van der Waals surface area contributed by atoms with Gasteiger partial charge < -0.3 is 10.6 Å². The zero-order valence-electron chi connectivity index (χ0n) is 11.1. The van der Waals surface area contributed by atoms with Gasteiger partial charge in [-0.3, -0.25) is 0 Å². The molecule has 2 N–H and O–H groups in total. The van der Waals surface area contributed by atoms with E-state index in [0.29, 0.717) is 0 Å². The van der Waals surface area contributed by atoms with E-state index in [9.17, 15) is 0 Å². The first-order valence-electron chi connectivity index (χ1n) is 6.26. The molecule has 2 rings (SSSR count). The van der Waals surface area contributed by atoms with Crippen LogP contribution in [0.2, 0.25) is 0 Å². The van der Waals surface area contributed by atoms with Crippen LogP contribution in [0, 0.1) is 0 Å². The van der Waals surface area contributed by atoms with E-state index in [1.165, 1.54) is 5.56 Å². The van der Waals surface area contributed by atoms with Crippen LogP contribution in [0.15, 0.2) is 34.8 Å². The highest BCUT2D eigenvalue weighted by Crippen LogP contribution is 2.18. The molecular weight excluding hydrogens is 304 g/mol. The van der Waals surface area contributed by atoms with Crippen molar-refractivity contribution in [2.75, 3.05) is 17.7 Å². The van der Waals surface area contributed by atoms with Gasteiger partial charge in [0.05, 0.1) is 0 Å². The molecule has 1 aromatic carbocycles. The summed E-state index contributed by atoms with van der Waals surface area (Å²) < 4.78 is 1.10. The van der Waals surface area contributed by atoms with Gasteiger partial charge in [0.2, 0.25) is 0 Å². The number of aromatic nitrogens is 2. The molecule has 0 aliphatic carbocycles. The van der Waals surface area contributed by atoms with Gasteiger partial charge in [-0.15, -0.1) is 0 Å². The first kappa shape index (κ1) is 13.8. The summed E-state index contributed by atoms with van der Waals surface area (Å²) in [5.41, 5.74) is 1.20. The van der Waals surface area contributed by atoms with E-state index < -0.39 is 0 Å². The molecule has 0 saturated heterocycles. The molecule has 5 heteroatoms. The highest BCUT2D eigenvalue weighted by Gasteiger charge is 2.03. The van der Waals surface area contributed by atoms with Crippen molar-refractivity contribution in [3.05, 3.63) is 46.2 Å². The van der Waals surface area contributed by atoms with Crippen LogP contribution in [0.3, 0.4) is 0 Å². The predicted octanol–water partition coefficient (Wildman–Crippen LogP) is 3.46. The maximum absolute atomic E-state index is 4.47. The van der Waals surface area contributed by atoms with Crippen molar-refractivity contribution in [3.63, 3.8) is 0 Å². The fourth-order valence-electron chi connectivity index (χ4n) is 1.70. The Morgan fingerprint density at radius 2 is 1.89 bits per heavy atom. The van der Waals surface area contributed by atoms with Crippen molar-refractivity contribution in [2.45, 2.75) is 19.9 Å². The van der Waals surface area contributed by atoms with Gasteiger partial charge in [-0.25, -0.2) is 9.97 Å². The van der Waals surface area contributed by atoms with Gasteiger partial charge in [0.15, 0.2) is 0 Å². The summed E-state index contributed by atoms with van der Waals surface area (Å²) in [6.45, 7) is 2.77. The molecule has 0 amide bonds. The van der Waals surface area contributed by atoms with E-state index >= 15 is 0 Å². The predicted molar refractivity (Wildman–Crippen MR) is 82.4 cm³/mol. The number of halogens is 1. The molecule has 0 unspecified atom stereocenters. The first-order chi connectivity index (χ1) is 9.22. The molecule has 4 nitrogen and oxygen atoms in total. The summed E-state index contributed by atoms with van der Waals surface area (Å²) >= 11 is 3.54. The van der Waals surface area contributed by atoms with Gasteiger partial charge in [-0.1, -0.05) is 41.1 Å². The van der Waals surface area contributed by atoms with Crippen molar-refractivity contribution in [2.24, 2.45) is 0 Å². The quantitative estimate of drug-likeness (QED) is 0.885. The van der Waals surface area contributed by atoms with Crippen molar-refractivity contribution >= 4 is 27.6 Å². The zero-order valence-corrected chi connectivity index (χ0v) is 12.7. The van der Waals surface area contributed by atoms with Crippen LogP contribution in [0.4, 0.5) is 11.6 Å². The van der Waals surface area contributed by atoms with Crippen LogP contribution in [-0.2, 0) is 13.0 Å². The molecule has 19 heavy (non-hydrogen) atoms. The lowest BCUT2D eigenvalue weighted by molar-refractivity contribution is 0.934. The molecule has 0 aliphatic rings. The second-order valence-electron chi connectivity index (χ2n) is 4.10. The van der Waals surface area contributed by atoms with E-state index in [2.05, 4.69) is 42.6 Å². The normalized spacial score (nSPS) is 10.3. The number of hydrogen-bond donors (Lipinski definition) is 2. The standard InChI is InChI=1S/C14H17BrN4/c1-3-12-18-13(16-2)8-14(19-12)17-9-10-6-4-5-7-11(10)15/h4-8H,3,9H2,1-2H3,(H2,16,17,18,19). The zero-order chi connectivity index (χ0) is 13.7. The second-order valence-corrected chi connectivity index (χ2v) is 4.96. The van der Waals surface area contributed by atoms with Crippen molar-refractivity contribution in [1.29, 1.82) is 0 Å². The van der Waals surface area contributed by atoms with Gasteiger partial charge >= 0.3 is 0 Å². The largest absolute Gasteiger partial charge is 0.373 e. The third-order valence-electron chi connectivity index (χ3n) is 2.76. The Balaban J connectivity index is 2.13. The number of aryl methyl sites for hydroxylation is 1. The molecule has 0 spiro atoms. The average Bonchev–Trinajstić information content (AvgIpc) is 2.46. The number of nitrogens with one attached hydrogen (secondary N) is 2. The van der Waals surface area contributed by atoms with E-state index in [4.69, 9.17) is 0 Å². The molecular formula is C14H17BrN4. The molecule has 0 aliphatic heterocycles. The minimum atomic E-state index is 0.727. The summed E-state index contributed by atoms with van der Waals surface area (Å²) in [5.74, 6) is 2.51. The monoisotopic (exact) mass is 320 g/mol. The minimum Gasteiger partial charge on any atom is -0.373 e. The Kier molecular flexibility index (Phi) is 4.74. The second kappa shape index (κ2) is 6.52. The number of hydrogen-bond acceptors (Lipinski definition) is 4.